The molecule has 0 spiro atoms. The molecule has 0 radical (unpaired) electrons. The minimum Gasteiger partial charge on any atom is -0.496 e. The number of fused-ring (bicyclic) bond motifs is 1. The van der Waals surface area contributed by atoms with Gasteiger partial charge in [0.2, 0.25) is 11.8 Å². The van der Waals surface area contributed by atoms with Gasteiger partial charge in [0.25, 0.3) is 0 Å². The zero-order chi connectivity index (χ0) is 22.4. The van der Waals surface area contributed by atoms with Crippen LogP contribution in [0.3, 0.4) is 0 Å². The molecule has 1 aliphatic heterocycles. The SMILES string of the molecule is COc1cc(NC(=O)CCCN(C)C(=O)CCN2CC3CCCC3C2)c(Cl)cc1C=O. The van der Waals surface area contributed by atoms with Crippen molar-refractivity contribution in [2.45, 2.75) is 38.5 Å². The first-order chi connectivity index (χ1) is 14.9. The zero-order valence-electron chi connectivity index (χ0n) is 18.4. The lowest BCUT2D eigenvalue weighted by Gasteiger charge is -2.20. The molecule has 1 aromatic rings. The number of anilines is 1. The van der Waals surface area contributed by atoms with Crippen LogP contribution < -0.4 is 10.1 Å². The van der Waals surface area contributed by atoms with Crippen LogP contribution in [0.15, 0.2) is 12.1 Å². The highest BCUT2D eigenvalue weighted by Crippen LogP contribution is 2.37. The standard InChI is InChI=1S/C23H32ClN3O4/c1-26(23(30)8-10-27-13-16-5-3-6-17(16)14-27)9-4-7-22(29)25-20-12-21(31-2)18(15-28)11-19(20)24/h11-12,15-17H,3-10,13-14H2,1-2H3,(H,25,29). The maximum absolute atomic E-state index is 12.4. The van der Waals surface area contributed by atoms with Gasteiger partial charge >= 0.3 is 0 Å². The van der Waals surface area contributed by atoms with E-state index >= 15 is 0 Å². The van der Waals surface area contributed by atoms with Crippen LogP contribution in [0.4, 0.5) is 5.69 Å². The molecule has 1 saturated heterocycles. The van der Waals surface area contributed by atoms with Crippen molar-refractivity contribution in [1.29, 1.82) is 0 Å². The summed E-state index contributed by atoms with van der Waals surface area (Å²) in [6, 6.07) is 3.00. The molecular weight excluding hydrogens is 418 g/mol. The monoisotopic (exact) mass is 449 g/mol. The normalized spacial score (nSPS) is 20.4. The Morgan fingerprint density at radius 3 is 2.61 bits per heavy atom. The van der Waals surface area contributed by atoms with E-state index in [4.69, 9.17) is 16.3 Å². The number of benzene rings is 1. The van der Waals surface area contributed by atoms with Crippen LogP contribution in [-0.2, 0) is 9.59 Å². The molecule has 31 heavy (non-hydrogen) atoms. The summed E-state index contributed by atoms with van der Waals surface area (Å²) in [7, 11) is 3.24. The van der Waals surface area contributed by atoms with E-state index < -0.39 is 0 Å². The number of hydrogen-bond acceptors (Lipinski definition) is 5. The summed E-state index contributed by atoms with van der Waals surface area (Å²) < 4.78 is 5.14. The van der Waals surface area contributed by atoms with Gasteiger partial charge in [-0.2, -0.15) is 0 Å². The number of carbonyl (C=O) groups excluding carboxylic acids is 3. The Bertz CT molecular complexity index is 804. The van der Waals surface area contributed by atoms with Crippen LogP contribution in [0.2, 0.25) is 5.02 Å². The lowest BCUT2D eigenvalue weighted by Crippen LogP contribution is -2.32. The van der Waals surface area contributed by atoms with Crippen LogP contribution >= 0.6 is 11.6 Å². The predicted molar refractivity (Wildman–Crippen MR) is 121 cm³/mol. The molecule has 1 aromatic carbocycles. The molecule has 3 rings (SSSR count). The van der Waals surface area contributed by atoms with E-state index in [0.717, 1.165) is 31.5 Å². The Kier molecular flexibility index (Phi) is 8.32. The lowest BCUT2D eigenvalue weighted by atomic mass is 10.0. The predicted octanol–water partition coefficient (Wildman–Crippen LogP) is 3.46. The molecule has 0 aromatic heterocycles. The summed E-state index contributed by atoms with van der Waals surface area (Å²) in [5, 5.41) is 3.02. The molecule has 1 aliphatic carbocycles. The molecular formula is C23H32ClN3O4. The highest BCUT2D eigenvalue weighted by Gasteiger charge is 2.35. The Balaban J connectivity index is 1.37. The number of carbonyl (C=O) groups is 3. The molecule has 1 heterocycles. The molecule has 2 fully saturated rings. The van der Waals surface area contributed by atoms with Crippen molar-refractivity contribution in [3.05, 3.63) is 22.7 Å². The van der Waals surface area contributed by atoms with Gasteiger partial charge in [-0.15, -0.1) is 0 Å². The average molecular weight is 450 g/mol. The Hall–Kier alpha value is -2.12. The maximum Gasteiger partial charge on any atom is 0.224 e. The summed E-state index contributed by atoms with van der Waals surface area (Å²) >= 11 is 6.14. The van der Waals surface area contributed by atoms with Gasteiger partial charge in [-0.3, -0.25) is 14.4 Å². The molecule has 1 N–H and O–H groups in total. The number of halogens is 1. The average Bonchev–Trinajstić information content (AvgIpc) is 3.34. The number of nitrogens with one attached hydrogen (secondary N) is 1. The third-order valence-electron chi connectivity index (χ3n) is 6.49. The van der Waals surface area contributed by atoms with Crippen molar-refractivity contribution in [1.82, 2.24) is 9.80 Å². The van der Waals surface area contributed by atoms with Gasteiger partial charge in [0.1, 0.15) is 5.75 Å². The summed E-state index contributed by atoms with van der Waals surface area (Å²) in [6.07, 6.45) is 6.05. The highest BCUT2D eigenvalue weighted by atomic mass is 35.5. The van der Waals surface area contributed by atoms with Gasteiger partial charge in [0, 0.05) is 52.1 Å². The number of likely N-dealkylation sites (tertiary alicyclic amines) is 1. The molecule has 2 atom stereocenters. The van der Waals surface area contributed by atoms with Crippen LogP contribution in [0.25, 0.3) is 0 Å². The maximum atomic E-state index is 12.4. The number of ether oxygens (including phenoxy) is 1. The van der Waals surface area contributed by atoms with E-state index in [-0.39, 0.29) is 23.3 Å². The van der Waals surface area contributed by atoms with Gasteiger partial charge < -0.3 is 19.9 Å². The number of methoxy groups -OCH3 is 1. The van der Waals surface area contributed by atoms with Gasteiger partial charge in [-0.05, 0) is 37.2 Å². The molecule has 2 unspecified atom stereocenters. The molecule has 2 aliphatic rings. The molecule has 8 heteroatoms. The van der Waals surface area contributed by atoms with Crippen molar-refractivity contribution >= 4 is 35.4 Å². The fourth-order valence-electron chi connectivity index (χ4n) is 4.71. The number of amides is 2. The number of aldehydes is 1. The van der Waals surface area contributed by atoms with E-state index in [2.05, 4.69) is 10.2 Å². The first kappa shape index (κ1) is 23.5. The minimum absolute atomic E-state index is 0.120. The third kappa shape index (κ3) is 6.20. The van der Waals surface area contributed by atoms with E-state index in [1.54, 1.807) is 11.9 Å². The fraction of sp³-hybridized carbons (Fsp3) is 0.609. The second-order valence-electron chi connectivity index (χ2n) is 8.62. The van der Waals surface area contributed by atoms with E-state index in [0.29, 0.717) is 42.7 Å². The molecule has 2 amide bonds. The van der Waals surface area contributed by atoms with Gasteiger partial charge in [-0.1, -0.05) is 18.0 Å². The topological polar surface area (TPSA) is 79.0 Å². The van der Waals surface area contributed by atoms with Gasteiger partial charge in [0.05, 0.1) is 23.4 Å². The first-order valence-electron chi connectivity index (χ1n) is 11.0. The molecule has 170 valence electrons. The first-order valence-corrected chi connectivity index (χ1v) is 11.4. The number of rotatable bonds is 10. The summed E-state index contributed by atoms with van der Waals surface area (Å²) in [4.78, 5) is 39.9. The summed E-state index contributed by atoms with van der Waals surface area (Å²) in [5.74, 6) is 1.95. The van der Waals surface area contributed by atoms with Crippen LogP contribution in [0, 0.1) is 11.8 Å². The smallest absolute Gasteiger partial charge is 0.224 e. The van der Waals surface area contributed by atoms with Crippen molar-refractivity contribution in [3.63, 3.8) is 0 Å². The summed E-state index contributed by atoms with van der Waals surface area (Å²) in [6.45, 7) is 3.64. The van der Waals surface area contributed by atoms with Crippen LogP contribution in [0.5, 0.6) is 5.75 Å². The largest absolute Gasteiger partial charge is 0.496 e. The second kappa shape index (κ2) is 11.0. The minimum atomic E-state index is -0.202. The van der Waals surface area contributed by atoms with Crippen molar-refractivity contribution in [2.24, 2.45) is 11.8 Å². The molecule has 7 nitrogen and oxygen atoms in total. The van der Waals surface area contributed by atoms with Crippen molar-refractivity contribution in [3.8, 4) is 5.75 Å². The van der Waals surface area contributed by atoms with Gasteiger partial charge in [-0.25, -0.2) is 0 Å². The molecule has 1 saturated carbocycles. The zero-order valence-corrected chi connectivity index (χ0v) is 19.1. The van der Waals surface area contributed by atoms with Crippen molar-refractivity contribution in [2.75, 3.05) is 45.7 Å². The quantitative estimate of drug-likeness (QED) is 0.553. The molecule has 0 bridgehead atoms. The lowest BCUT2D eigenvalue weighted by molar-refractivity contribution is -0.130. The Morgan fingerprint density at radius 2 is 1.97 bits per heavy atom. The van der Waals surface area contributed by atoms with E-state index in [1.807, 2.05) is 0 Å². The second-order valence-corrected chi connectivity index (χ2v) is 9.03. The number of nitrogens with zero attached hydrogens (tertiary/aromatic N) is 2. The summed E-state index contributed by atoms with van der Waals surface area (Å²) in [5.41, 5.74) is 0.719. The van der Waals surface area contributed by atoms with E-state index in [1.165, 1.54) is 38.5 Å². The highest BCUT2D eigenvalue weighted by molar-refractivity contribution is 6.34. The number of hydrogen-bond donors (Lipinski definition) is 1. The van der Waals surface area contributed by atoms with Crippen LogP contribution in [-0.4, -0.2) is 68.2 Å². The Labute approximate surface area is 189 Å². The Morgan fingerprint density at radius 1 is 1.26 bits per heavy atom. The van der Waals surface area contributed by atoms with Crippen molar-refractivity contribution < 1.29 is 19.1 Å². The fourth-order valence-corrected chi connectivity index (χ4v) is 4.93. The third-order valence-corrected chi connectivity index (χ3v) is 6.80. The van der Waals surface area contributed by atoms with Gasteiger partial charge in [0.15, 0.2) is 6.29 Å². The van der Waals surface area contributed by atoms with E-state index in [9.17, 15) is 14.4 Å². The van der Waals surface area contributed by atoms with Crippen LogP contribution in [0.1, 0.15) is 48.9 Å².